The van der Waals surface area contributed by atoms with Crippen molar-refractivity contribution in [1.29, 1.82) is 0 Å². The van der Waals surface area contributed by atoms with Crippen LogP contribution in [0.1, 0.15) is 0 Å². The Kier molecular flexibility index (Phi) is 7.95. The zero-order chi connectivity index (χ0) is 3.41. The monoisotopic (exact) mass is 319 g/mol. The van der Waals surface area contributed by atoms with Crippen LogP contribution in [0.2, 0.25) is 0 Å². The molecule has 0 fully saturated rings. The van der Waals surface area contributed by atoms with Crippen LogP contribution in [0, 0.1) is 0 Å². The molecule has 0 aliphatic heterocycles. The number of halogens is 2. The SMILES string of the molecule is S[I-]SI. The fourth-order valence-electron chi connectivity index (χ4n) is 0. The van der Waals surface area contributed by atoms with Crippen molar-refractivity contribution in [2.45, 2.75) is 0 Å². The van der Waals surface area contributed by atoms with Crippen LogP contribution in [0.4, 0.5) is 0 Å². The van der Waals surface area contributed by atoms with E-state index in [1.54, 1.807) is 6.10 Å². The van der Waals surface area contributed by atoms with Crippen LogP contribution in [0.15, 0.2) is 0 Å². The van der Waals surface area contributed by atoms with E-state index in [0.717, 1.165) is 0 Å². The van der Waals surface area contributed by atoms with Gasteiger partial charge in [-0.3, -0.25) is 0 Å². The summed E-state index contributed by atoms with van der Waals surface area (Å²) in [4.78, 5) is 0. The van der Waals surface area contributed by atoms with Crippen molar-refractivity contribution in [3.05, 3.63) is 0 Å². The van der Waals surface area contributed by atoms with Gasteiger partial charge in [-0.1, -0.05) is 0 Å². The molecule has 0 radical (unpaired) electrons. The molecular formula is HI2S2-. The zero-order valence-corrected chi connectivity index (χ0v) is 7.64. The van der Waals surface area contributed by atoms with Gasteiger partial charge in [0.2, 0.25) is 0 Å². The summed E-state index contributed by atoms with van der Waals surface area (Å²) in [5.74, 6) is 0. The van der Waals surface area contributed by atoms with Gasteiger partial charge >= 0.3 is 55.5 Å². The summed E-state index contributed by atoms with van der Waals surface area (Å²) >= 11 is 2.45. The van der Waals surface area contributed by atoms with Crippen molar-refractivity contribution in [2.75, 3.05) is 0 Å². The molecule has 4 heteroatoms. The van der Waals surface area contributed by atoms with Crippen LogP contribution >= 0.6 is 37.1 Å². The molecule has 4 heavy (non-hydrogen) atoms. The third-order valence-corrected chi connectivity index (χ3v) is 10.6. The molecule has 0 saturated heterocycles. The Morgan fingerprint density at radius 3 is 2.25 bits per heavy atom. The van der Waals surface area contributed by atoms with E-state index in [1.807, 2.05) is 0 Å². The summed E-state index contributed by atoms with van der Waals surface area (Å²) in [6.07, 6.45) is 1.80. The Morgan fingerprint density at radius 1 is 2.00 bits per heavy atom. The predicted molar refractivity (Wildman–Crippen MR) is 30.6 cm³/mol. The second-order valence-electron chi connectivity index (χ2n) is 0.127. The van der Waals surface area contributed by atoms with Gasteiger partial charge in [-0.2, -0.15) is 0 Å². The third-order valence-electron chi connectivity index (χ3n) is 0.0261. The molecule has 0 N–H and O–H groups in total. The quantitative estimate of drug-likeness (QED) is 0.474. The van der Waals surface area contributed by atoms with Gasteiger partial charge < -0.3 is 0 Å². The molecule has 0 atom stereocenters. The predicted octanol–water partition coefficient (Wildman–Crippen LogP) is -1.08. The Morgan fingerprint density at radius 2 is 2.25 bits per heavy atom. The number of thiol groups is 1. The Labute approximate surface area is 54.6 Å². The summed E-state index contributed by atoms with van der Waals surface area (Å²) in [5.41, 5.74) is 0. The molecule has 0 bridgehead atoms. The van der Waals surface area contributed by atoms with Gasteiger partial charge in [-0.15, -0.1) is 0 Å². The molecule has 0 nitrogen and oxygen atoms in total. The van der Waals surface area contributed by atoms with Crippen molar-refractivity contribution in [1.82, 2.24) is 0 Å². The zero-order valence-electron chi connectivity index (χ0n) is 1.61. The first kappa shape index (κ1) is 6.16. The Hall–Kier alpha value is 2.16. The molecular weight excluding hydrogens is 318 g/mol. The van der Waals surface area contributed by atoms with Crippen LogP contribution < -0.4 is 18.4 Å². The summed E-state index contributed by atoms with van der Waals surface area (Å²) in [6.45, 7) is 0. The molecule has 0 saturated carbocycles. The molecule has 0 aliphatic rings. The first-order chi connectivity index (χ1) is 1.91. The molecule has 0 aromatic heterocycles. The summed E-state index contributed by atoms with van der Waals surface area (Å²) < 4.78 is 0. The van der Waals surface area contributed by atoms with Crippen LogP contribution in [-0.4, -0.2) is 0 Å². The molecule has 0 aromatic carbocycles. The fourth-order valence-corrected chi connectivity index (χ4v) is 0. The van der Waals surface area contributed by atoms with Gasteiger partial charge in [-0.25, -0.2) is 0 Å². The molecule has 0 aromatic rings. The minimum absolute atomic E-state index is 0.208. The maximum absolute atomic E-state index is 3.99. The Bertz CT molecular complexity index is 6.00. The minimum atomic E-state index is 0.208. The number of hydrogen-bond donors (Lipinski definition) is 1. The average molecular weight is 319 g/mol. The van der Waals surface area contributed by atoms with Crippen LogP contribution in [0.25, 0.3) is 0 Å². The van der Waals surface area contributed by atoms with Crippen molar-refractivity contribution in [3.8, 4) is 0 Å². The normalized spacial score (nSPS) is 8.50. The van der Waals surface area contributed by atoms with E-state index in [0.29, 0.717) is 0 Å². The van der Waals surface area contributed by atoms with E-state index in [1.165, 1.54) is 0 Å². The van der Waals surface area contributed by atoms with Gasteiger partial charge in [0, 0.05) is 0 Å². The summed E-state index contributed by atoms with van der Waals surface area (Å²) in [5, 5.41) is 0. The van der Waals surface area contributed by atoms with Crippen LogP contribution in [0.5, 0.6) is 0 Å². The topological polar surface area (TPSA) is 0 Å². The number of hydrogen-bond acceptors (Lipinski definition) is 2. The molecule has 28 valence electrons. The van der Waals surface area contributed by atoms with Gasteiger partial charge in [0.25, 0.3) is 0 Å². The summed E-state index contributed by atoms with van der Waals surface area (Å²) in [6, 6.07) is 0. The van der Waals surface area contributed by atoms with Gasteiger partial charge in [0.15, 0.2) is 0 Å². The van der Waals surface area contributed by atoms with Crippen LogP contribution in [-0.2, 0) is 0 Å². The molecule has 0 amide bonds. The van der Waals surface area contributed by atoms with E-state index in [9.17, 15) is 0 Å². The standard InChI is InChI=1S/HI2S2/c1-4-2-3/h3H/q-1. The second kappa shape index (κ2) is 5.16. The molecule has 0 heterocycles. The van der Waals surface area contributed by atoms with Gasteiger partial charge in [0.05, 0.1) is 0 Å². The molecule has 0 rings (SSSR count). The molecule has 0 unspecified atom stereocenters. The van der Waals surface area contributed by atoms with Crippen molar-refractivity contribution in [2.24, 2.45) is 0 Å². The molecule has 0 spiro atoms. The van der Waals surface area contributed by atoms with Crippen LogP contribution in [0.3, 0.4) is 0 Å². The van der Waals surface area contributed by atoms with Crippen molar-refractivity contribution in [3.63, 3.8) is 0 Å². The van der Waals surface area contributed by atoms with E-state index in [-0.39, 0.29) is 18.4 Å². The van der Waals surface area contributed by atoms with E-state index < -0.39 is 0 Å². The van der Waals surface area contributed by atoms with E-state index in [2.05, 4.69) is 31.0 Å². The average Bonchev–Trinajstić information content (AvgIpc) is 1.37. The third kappa shape index (κ3) is 4.16. The molecule has 0 aliphatic carbocycles. The second-order valence-corrected chi connectivity index (χ2v) is 12.0. The van der Waals surface area contributed by atoms with Crippen molar-refractivity contribution < 1.29 is 18.4 Å². The number of rotatable bonds is 1. The first-order valence-electron chi connectivity index (χ1n) is 0.478. The Balaban J connectivity index is 1.97. The maximum atomic E-state index is 3.99. The van der Waals surface area contributed by atoms with E-state index in [4.69, 9.17) is 0 Å². The van der Waals surface area contributed by atoms with Gasteiger partial charge in [-0.05, 0) is 0 Å². The van der Waals surface area contributed by atoms with E-state index >= 15 is 0 Å². The van der Waals surface area contributed by atoms with Crippen molar-refractivity contribution >= 4 is 37.1 Å². The summed E-state index contributed by atoms with van der Waals surface area (Å²) in [7, 11) is 3.99. The fraction of sp³-hybridized carbons (Fsp3) is 0. The van der Waals surface area contributed by atoms with Gasteiger partial charge in [0.1, 0.15) is 0 Å². The first-order valence-corrected chi connectivity index (χ1v) is 9.61.